The number of anilines is 1. The van der Waals surface area contributed by atoms with E-state index in [1.54, 1.807) is 0 Å². The van der Waals surface area contributed by atoms with Crippen LogP contribution in [0.15, 0.2) is 46.2 Å². The molecule has 1 aromatic carbocycles. The number of nitrogens with two attached hydrogens (primary N) is 1. The quantitative estimate of drug-likeness (QED) is 0.315. The lowest BCUT2D eigenvalue weighted by Gasteiger charge is -2.08. The molecule has 0 spiro atoms. The van der Waals surface area contributed by atoms with Gasteiger partial charge in [0, 0.05) is 12.1 Å². The Bertz CT molecular complexity index is 481. The second-order valence-electron chi connectivity index (χ2n) is 3.45. The third kappa shape index (κ3) is 3.56. The highest BCUT2D eigenvalue weighted by molar-refractivity contribution is 5.93. The lowest BCUT2D eigenvalue weighted by atomic mass is 10.3. The molecule has 0 fully saturated rings. The maximum atomic E-state index is 5.39. The third-order valence-electron chi connectivity index (χ3n) is 2.18. The summed E-state index contributed by atoms with van der Waals surface area (Å²) in [6, 6.07) is 9.63. The fourth-order valence-corrected chi connectivity index (χ4v) is 1.35. The predicted octanol–water partition coefficient (Wildman–Crippen LogP) is 0.544. The van der Waals surface area contributed by atoms with Gasteiger partial charge in [-0.2, -0.15) is 4.98 Å². The van der Waals surface area contributed by atoms with Gasteiger partial charge in [0.15, 0.2) is 6.33 Å². The maximum absolute atomic E-state index is 5.39. The van der Waals surface area contributed by atoms with E-state index in [4.69, 9.17) is 10.4 Å². The van der Waals surface area contributed by atoms with Crippen molar-refractivity contribution in [2.24, 2.45) is 10.8 Å². The molecule has 0 aliphatic rings. The molecule has 2 rings (SSSR count). The number of hydrogen-bond donors (Lipinski definition) is 3. The Morgan fingerprint density at radius 2 is 2.17 bits per heavy atom. The van der Waals surface area contributed by atoms with Crippen molar-refractivity contribution in [1.82, 2.24) is 15.6 Å². The van der Waals surface area contributed by atoms with Crippen LogP contribution in [0.5, 0.6) is 0 Å². The normalized spacial score (nSPS) is 11.3. The molecule has 0 radical (unpaired) electrons. The van der Waals surface area contributed by atoms with Gasteiger partial charge < -0.3 is 9.84 Å². The van der Waals surface area contributed by atoms with Crippen LogP contribution in [0.3, 0.4) is 0 Å². The Kier molecular flexibility index (Phi) is 4.26. The zero-order valence-corrected chi connectivity index (χ0v) is 9.71. The number of benzene rings is 1. The molecule has 94 valence electrons. The summed E-state index contributed by atoms with van der Waals surface area (Å²) < 4.78 is 4.86. The van der Waals surface area contributed by atoms with Crippen molar-refractivity contribution in [3.63, 3.8) is 0 Å². The van der Waals surface area contributed by atoms with E-state index < -0.39 is 0 Å². The summed E-state index contributed by atoms with van der Waals surface area (Å²) in [4.78, 5) is 8.16. The summed E-state index contributed by atoms with van der Waals surface area (Å²) in [7, 11) is 0. The van der Waals surface area contributed by atoms with E-state index in [1.165, 1.54) is 6.33 Å². The van der Waals surface area contributed by atoms with Crippen LogP contribution < -0.4 is 16.6 Å². The van der Waals surface area contributed by atoms with Crippen LogP contribution in [-0.2, 0) is 6.42 Å². The molecule has 0 aliphatic heterocycles. The zero-order valence-electron chi connectivity index (χ0n) is 9.71. The van der Waals surface area contributed by atoms with E-state index in [9.17, 15) is 0 Å². The number of nitrogens with zero attached hydrogens (tertiary/aromatic N) is 3. The minimum absolute atomic E-state index is 0.487. The number of para-hydroxylation sites is 1. The highest BCUT2D eigenvalue weighted by atomic mass is 16.5. The summed E-state index contributed by atoms with van der Waals surface area (Å²) in [6.45, 7) is 0.502. The van der Waals surface area contributed by atoms with Crippen LogP contribution in [0.4, 0.5) is 5.69 Å². The first-order valence-corrected chi connectivity index (χ1v) is 5.47. The average molecular weight is 246 g/mol. The van der Waals surface area contributed by atoms with Crippen LogP contribution in [0.1, 0.15) is 5.89 Å². The van der Waals surface area contributed by atoms with E-state index in [0.29, 0.717) is 24.8 Å². The van der Waals surface area contributed by atoms with Gasteiger partial charge in [0.05, 0.1) is 6.54 Å². The van der Waals surface area contributed by atoms with Gasteiger partial charge in [-0.25, -0.2) is 5.84 Å². The fraction of sp³-hybridized carbons (Fsp3) is 0.182. The summed E-state index contributed by atoms with van der Waals surface area (Å²) in [5, 5.41) is 6.57. The van der Waals surface area contributed by atoms with Crippen molar-refractivity contribution in [3.8, 4) is 0 Å². The standard InChI is InChI=1S/C11H14N6O/c12-17-11(16-9-4-2-1-3-5-9)13-7-6-10-14-8-15-18-10/h1-5,8H,6-7,12H2,(H2,13,16,17). The molecule has 0 unspecified atom stereocenters. The van der Waals surface area contributed by atoms with Gasteiger partial charge in [-0.05, 0) is 12.1 Å². The molecule has 0 saturated heterocycles. The van der Waals surface area contributed by atoms with Crippen LogP contribution >= 0.6 is 0 Å². The molecule has 0 bridgehead atoms. The Morgan fingerprint density at radius 1 is 1.33 bits per heavy atom. The molecular formula is C11H14N6O. The molecule has 1 aromatic heterocycles. The number of rotatable bonds is 4. The van der Waals surface area contributed by atoms with Crippen molar-refractivity contribution in [2.45, 2.75) is 6.42 Å². The first-order chi connectivity index (χ1) is 8.88. The molecule has 0 aliphatic carbocycles. The van der Waals surface area contributed by atoms with Gasteiger partial charge in [0.2, 0.25) is 11.9 Å². The summed E-state index contributed by atoms with van der Waals surface area (Å²) in [5.41, 5.74) is 3.41. The van der Waals surface area contributed by atoms with Crippen molar-refractivity contribution in [1.29, 1.82) is 0 Å². The number of hydrogen-bond acceptors (Lipinski definition) is 5. The van der Waals surface area contributed by atoms with Gasteiger partial charge in [-0.15, -0.1) is 0 Å². The van der Waals surface area contributed by atoms with Crippen molar-refractivity contribution in [2.75, 3.05) is 11.9 Å². The van der Waals surface area contributed by atoms with E-state index in [0.717, 1.165) is 5.69 Å². The molecule has 0 atom stereocenters. The molecule has 7 heteroatoms. The second kappa shape index (κ2) is 6.36. The maximum Gasteiger partial charge on any atom is 0.228 e. The SMILES string of the molecule is NNC(=NCCc1ncno1)Nc1ccccc1. The monoisotopic (exact) mass is 246 g/mol. The van der Waals surface area contributed by atoms with Crippen molar-refractivity contribution >= 4 is 11.6 Å². The molecule has 2 aromatic rings. The predicted molar refractivity (Wildman–Crippen MR) is 67.7 cm³/mol. The van der Waals surface area contributed by atoms with E-state index in [2.05, 4.69) is 25.9 Å². The Morgan fingerprint density at radius 3 is 2.83 bits per heavy atom. The van der Waals surface area contributed by atoms with Crippen molar-refractivity contribution < 1.29 is 4.52 Å². The molecule has 18 heavy (non-hydrogen) atoms. The first-order valence-electron chi connectivity index (χ1n) is 5.47. The van der Waals surface area contributed by atoms with E-state index in [1.807, 2.05) is 30.3 Å². The summed E-state index contributed by atoms with van der Waals surface area (Å²) >= 11 is 0. The second-order valence-corrected chi connectivity index (χ2v) is 3.45. The average Bonchev–Trinajstić information content (AvgIpc) is 2.92. The Labute approximate surface area is 104 Å². The fourth-order valence-electron chi connectivity index (χ4n) is 1.35. The number of guanidine groups is 1. The highest BCUT2D eigenvalue weighted by Gasteiger charge is 2.00. The minimum atomic E-state index is 0.487. The number of hydrazine groups is 1. The lowest BCUT2D eigenvalue weighted by Crippen LogP contribution is -2.36. The topological polar surface area (TPSA) is 101 Å². The smallest absolute Gasteiger partial charge is 0.228 e. The van der Waals surface area contributed by atoms with E-state index >= 15 is 0 Å². The van der Waals surface area contributed by atoms with Crippen LogP contribution in [0, 0.1) is 0 Å². The summed E-state index contributed by atoms with van der Waals surface area (Å²) in [6.07, 6.45) is 1.94. The van der Waals surface area contributed by atoms with Gasteiger partial charge in [0.1, 0.15) is 0 Å². The van der Waals surface area contributed by atoms with Gasteiger partial charge in [-0.1, -0.05) is 23.4 Å². The van der Waals surface area contributed by atoms with Crippen LogP contribution in [0.25, 0.3) is 0 Å². The molecule has 7 nitrogen and oxygen atoms in total. The number of nitrogens with one attached hydrogen (secondary N) is 2. The van der Waals surface area contributed by atoms with Crippen LogP contribution in [-0.4, -0.2) is 22.6 Å². The molecule has 1 heterocycles. The highest BCUT2D eigenvalue weighted by Crippen LogP contribution is 2.04. The molecular weight excluding hydrogens is 232 g/mol. The first kappa shape index (κ1) is 12.1. The lowest BCUT2D eigenvalue weighted by molar-refractivity contribution is 0.379. The van der Waals surface area contributed by atoms with Gasteiger partial charge >= 0.3 is 0 Å². The minimum Gasteiger partial charge on any atom is -0.340 e. The third-order valence-corrected chi connectivity index (χ3v) is 2.18. The summed E-state index contributed by atoms with van der Waals surface area (Å²) in [5.74, 6) is 6.42. The largest absolute Gasteiger partial charge is 0.340 e. The molecule has 0 amide bonds. The molecule has 4 N–H and O–H groups in total. The Hall–Kier alpha value is -2.41. The van der Waals surface area contributed by atoms with E-state index in [-0.39, 0.29) is 0 Å². The zero-order chi connectivity index (χ0) is 12.6. The van der Waals surface area contributed by atoms with Gasteiger partial charge in [0.25, 0.3) is 0 Å². The molecule has 0 saturated carbocycles. The van der Waals surface area contributed by atoms with Crippen molar-refractivity contribution in [3.05, 3.63) is 42.5 Å². The van der Waals surface area contributed by atoms with Crippen LogP contribution in [0.2, 0.25) is 0 Å². The number of aliphatic imine (C=N–C) groups is 1. The number of aromatic nitrogens is 2. The Balaban J connectivity index is 1.88. The van der Waals surface area contributed by atoms with Gasteiger partial charge in [-0.3, -0.25) is 10.4 Å².